The molecule has 2 heterocycles. The summed E-state index contributed by atoms with van der Waals surface area (Å²) in [5.41, 5.74) is 1.14. The molecule has 2 amide bonds. The predicted molar refractivity (Wildman–Crippen MR) is 108 cm³/mol. The molecule has 2 aliphatic heterocycles. The molecular formula is C20H18BrClN2O4. The fraction of sp³-hybridized carbons (Fsp3) is 0.300. The van der Waals surface area contributed by atoms with E-state index < -0.39 is 18.1 Å². The summed E-state index contributed by atoms with van der Waals surface area (Å²) in [5.74, 6) is -1.39. The van der Waals surface area contributed by atoms with E-state index in [2.05, 4.69) is 15.9 Å². The van der Waals surface area contributed by atoms with Crippen LogP contribution < -0.4 is 5.06 Å². The van der Waals surface area contributed by atoms with Crippen molar-refractivity contribution in [2.45, 2.75) is 32.0 Å². The van der Waals surface area contributed by atoms with Crippen molar-refractivity contribution in [1.82, 2.24) is 4.90 Å². The topological polar surface area (TPSA) is 70.1 Å². The number of phenols is 1. The van der Waals surface area contributed by atoms with Gasteiger partial charge in [-0.25, -0.2) is 5.06 Å². The molecule has 2 saturated heterocycles. The zero-order valence-corrected chi connectivity index (χ0v) is 17.5. The number of hydrogen-bond acceptors (Lipinski definition) is 5. The van der Waals surface area contributed by atoms with Crippen molar-refractivity contribution in [2.24, 2.45) is 5.92 Å². The van der Waals surface area contributed by atoms with Crippen LogP contribution in [-0.4, -0.2) is 34.0 Å². The van der Waals surface area contributed by atoms with Gasteiger partial charge in [0.25, 0.3) is 5.91 Å². The Bertz CT molecular complexity index is 950. The van der Waals surface area contributed by atoms with E-state index in [9.17, 15) is 14.7 Å². The number of hydroxylamine groups is 1. The Morgan fingerprint density at radius 3 is 2.43 bits per heavy atom. The summed E-state index contributed by atoms with van der Waals surface area (Å²) in [6, 6.07) is 11.0. The molecule has 2 aromatic carbocycles. The van der Waals surface area contributed by atoms with Crippen LogP contribution in [0.1, 0.15) is 25.5 Å². The van der Waals surface area contributed by atoms with Crippen LogP contribution in [0.2, 0.25) is 5.02 Å². The fourth-order valence-corrected chi connectivity index (χ4v) is 4.34. The summed E-state index contributed by atoms with van der Waals surface area (Å²) in [5, 5.41) is 12.6. The average molecular weight is 466 g/mol. The highest BCUT2D eigenvalue weighted by Crippen LogP contribution is 2.49. The number of nitrogens with zero attached hydrogens (tertiary/aromatic N) is 2. The second kappa shape index (κ2) is 7.06. The fourth-order valence-electron chi connectivity index (χ4n) is 3.83. The van der Waals surface area contributed by atoms with Gasteiger partial charge in [0.15, 0.2) is 6.10 Å². The Morgan fingerprint density at radius 1 is 1.11 bits per heavy atom. The Hall–Kier alpha value is -2.09. The molecule has 0 aliphatic carbocycles. The molecule has 2 fully saturated rings. The van der Waals surface area contributed by atoms with E-state index in [1.165, 1.54) is 9.96 Å². The maximum Gasteiger partial charge on any atom is 0.262 e. The van der Waals surface area contributed by atoms with Crippen molar-refractivity contribution < 1.29 is 19.5 Å². The third-order valence-corrected chi connectivity index (χ3v) is 5.80. The molecule has 3 atom stereocenters. The van der Waals surface area contributed by atoms with Gasteiger partial charge in [0, 0.05) is 21.1 Å². The summed E-state index contributed by atoms with van der Waals surface area (Å²) >= 11 is 9.41. The molecule has 8 heteroatoms. The van der Waals surface area contributed by atoms with E-state index in [0.29, 0.717) is 16.3 Å². The van der Waals surface area contributed by atoms with Crippen LogP contribution in [0.15, 0.2) is 46.9 Å². The first kappa shape index (κ1) is 19.2. The molecule has 3 unspecified atom stereocenters. The van der Waals surface area contributed by atoms with Gasteiger partial charge in [-0.3, -0.25) is 19.3 Å². The number of carbonyl (C=O) groups is 2. The Labute approximate surface area is 175 Å². The molecule has 0 saturated carbocycles. The molecular weight excluding hydrogens is 448 g/mol. The molecule has 0 radical (unpaired) electrons. The molecule has 1 N–H and O–H groups in total. The largest absolute Gasteiger partial charge is 0.508 e. The van der Waals surface area contributed by atoms with Gasteiger partial charge in [0.1, 0.15) is 11.7 Å². The molecule has 2 aliphatic rings. The SMILES string of the molecule is CC(C)N1C(=O)C2ON(c3ccc(Cl)cc3)C(c3cc(Br)ccc3O)C2C1=O. The van der Waals surface area contributed by atoms with Crippen LogP contribution in [0.3, 0.4) is 0 Å². The summed E-state index contributed by atoms with van der Waals surface area (Å²) in [7, 11) is 0. The number of anilines is 1. The molecule has 2 aromatic rings. The number of amides is 2. The second-order valence-electron chi connectivity index (χ2n) is 7.14. The van der Waals surface area contributed by atoms with Crippen molar-refractivity contribution in [3.05, 3.63) is 57.5 Å². The van der Waals surface area contributed by atoms with Gasteiger partial charge < -0.3 is 5.11 Å². The van der Waals surface area contributed by atoms with Crippen molar-refractivity contribution in [1.29, 1.82) is 0 Å². The molecule has 0 bridgehead atoms. The van der Waals surface area contributed by atoms with E-state index in [-0.39, 0.29) is 23.6 Å². The highest BCUT2D eigenvalue weighted by atomic mass is 79.9. The first-order chi connectivity index (χ1) is 13.3. The number of hydrogen-bond donors (Lipinski definition) is 1. The lowest BCUT2D eigenvalue weighted by Crippen LogP contribution is -2.41. The molecule has 0 spiro atoms. The van der Waals surface area contributed by atoms with E-state index in [4.69, 9.17) is 16.4 Å². The van der Waals surface area contributed by atoms with Gasteiger partial charge in [0.2, 0.25) is 5.91 Å². The highest BCUT2D eigenvalue weighted by molar-refractivity contribution is 9.10. The lowest BCUT2D eigenvalue weighted by molar-refractivity contribution is -0.145. The van der Waals surface area contributed by atoms with Crippen molar-refractivity contribution >= 4 is 45.0 Å². The molecule has 146 valence electrons. The number of likely N-dealkylation sites (tertiary alicyclic amines) is 1. The minimum Gasteiger partial charge on any atom is -0.508 e. The Kier molecular flexibility index (Phi) is 4.85. The van der Waals surface area contributed by atoms with Gasteiger partial charge in [-0.2, -0.15) is 0 Å². The van der Waals surface area contributed by atoms with Gasteiger partial charge in [-0.05, 0) is 56.3 Å². The zero-order valence-electron chi connectivity index (χ0n) is 15.2. The van der Waals surface area contributed by atoms with Crippen LogP contribution in [0.4, 0.5) is 5.69 Å². The number of imide groups is 1. The molecule has 28 heavy (non-hydrogen) atoms. The van der Waals surface area contributed by atoms with Gasteiger partial charge in [-0.1, -0.05) is 27.5 Å². The van der Waals surface area contributed by atoms with Crippen molar-refractivity contribution in [2.75, 3.05) is 5.06 Å². The number of halogens is 2. The quantitative estimate of drug-likeness (QED) is 0.692. The monoisotopic (exact) mass is 464 g/mol. The Morgan fingerprint density at radius 2 is 1.79 bits per heavy atom. The van der Waals surface area contributed by atoms with Crippen molar-refractivity contribution in [3.63, 3.8) is 0 Å². The normalized spacial score (nSPS) is 24.4. The number of carbonyl (C=O) groups excluding carboxylic acids is 2. The van der Waals surface area contributed by atoms with Gasteiger partial charge >= 0.3 is 0 Å². The van der Waals surface area contributed by atoms with Gasteiger partial charge in [-0.15, -0.1) is 0 Å². The third kappa shape index (κ3) is 2.98. The van der Waals surface area contributed by atoms with Crippen LogP contribution in [0, 0.1) is 5.92 Å². The first-order valence-electron chi connectivity index (χ1n) is 8.86. The highest BCUT2D eigenvalue weighted by Gasteiger charge is 2.60. The van der Waals surface area contributed by atoms with Crippen molar-refractivity contribution in [3.8, 4) is 5.75 Å². The zero-order chi connectivity index (χ0) is 20.2. The summed E-state index contributed by atoms with van der Waals surface area (Å²) in [6.45, 7) is 3.58. The van der Waals surface area contributed by atoms with E-state index in [1.807, 2.05) is 0 Å². The summed E-state index contributed by atoms with van der Waals surface area (Å²) in [6.07, 6.45) is -0.936. The van der Waals surface area contributed by atoms with Crippen LogP contribution in [0.5, 0.6) is 5.75 Å². The molecule has 6 nitrogen and oxygen atoms in total. The van der Waals surface area contributed by atoms with Crippen LogP contribution in [-0.2, 0) is 14.4 Å². The smallest absolute Gasteiger partial charge is 0.262 e. The van der Waals surface area contributed by atoms with E-state index >= 15 is 0 Å². The van der Waals surface area contributed by atoms with E-state index in [0.717, 1.165) is 4.47 Å². The lowest BCUT2D eigenvalue weighted by atomic mass is 9.90. The molecule has 4 rings (SSSR count). The van der Waals surface area contributed by atoms with Crippen LogP contribution >= 0.6 is 27.5 Å². The minimum absolute atomic E-state index is 0.0275. The number of phenolic OH excluding ortho intramolecular Hbond substituents is 1. The first-order valence-corrected chi connectivity index (χ1v) is 10.0. The lowest BCUT2D eigenvalue weighted by Gasteiger charge is -2.30. The summed E-state index contributed by atoms with van der Waals surface area (Å²) < 4.78 is 0.747. The minimum atomic E-state index is -0.936. The average Bonchev–Trinajstić information content (AvgIpc) is 3.14. The van der Waals surface area contributed by atoms with Crippen LogP contribution in [0.25, 0.3) is 0 Å². The Balaban J connectivity index is 1.85. The molecule has 0 aromatic heterocycles. The maximum absolute atomic E-state index is 13.1. The third-order valence-electron chi connectivity index (χ3n) is 5.06. The maximum atomic E-state index is 13.1. The number of fused-ring (bicyclic) bond motifs is 1. The second-order valence-corrected chi connectivity index (χ2v) is 8.49. The number of benzene rings is 2. The summed E-state index contributed by atoms with van der Waals surface area (Å²) in [4.78, 5) is 33.2. The van der Waals surface area contributed by atoms with E-state index in [1.54, 1.807) is 56.3 Å². The number of aromatic hydroxyl groups is 1. The predicted octanol–water partition coefficient (Wildman–Crippen LogP) is 4.06. The van der Waals surface area contributed by atoms with Gasteiger partial charge in [0.05, 0.1) is 11.7 Å². The standard InChI is InChI=1S/C20H18BrClN2O4/c1-10(2)23-19(26)16-17(14-9-11(21)3-8-15(14)25)24(28-18(16)20(23)27)13-6-4-12(22)5-7-13/h3-10,16-18,25H,1-2H3. The number of rotatable bonds is 3.